The van der Waals surface area contributed by atoms with Crippen molar-refractivity contribution < 1.29 is 14.3 Å². The fourth-order valence-corrected chi connectivity index (χ4v) is 2.19. The number of nitrogens with zero attached hydrogens (tertiary/aromatic N) is 1. The summed E-state index contributed by atoms with van der Waals surface area (Å²) in [6.45, 7) is 11.9. The van der Waals surface area contributed by atoms with E-state index < -0.39 is 5.60 Å². The number of carbonyl (C=O) groups excluding carboxylic acids is 2. The Morgan fingerprint density at radius 2 is 1.76 bits per heavy atom. The SMILES string of the molecule is CC(C)(C)OC(=O)CN1[C@H](C(C)(C)C)[C@@H]1C=O. The zero-order valence-corrected chi connectivity index (χ0v) is 11.6. The molecule has 0 N–H and O–H groups in total. The molecule has 0 saturated carbocycles. The first kappa shape index (κ1) is 14.2. The van der Waals surface area contributed by atoms with E-state index in [9.17, 15) is 9.59 Å². The Hall–Kier alpha value is -0.900. The molecule has 4 heteroatoms. The molecule has 1 aliphatic heterocycles. The Balaban J connectivity index is 2.54. The molecule has 1 rings (SSSR count). The molecule has 0 aromatic heterocycles. The molecule has 1 saturated heterocycles. The third kappa shape index (κ3) is 3.80. The highest BCUT2D eigenvalue weighted by Gasteiger charge is 2.54. The molecule has 98 valence electrons. The van der Waals surface area contributed by atoms with Gasteiger partial charge in [0.05, 0.1) is 12.6 Å². The maximum atomic E-state index is 11.7. The molecule has 0 amide bonds. The van der Waals surface area contributed by atoms with Crippen LogP contribution >= 0.6 is 0 Å². The van der Waals surface area contributed by atoms with Crippen molar-refractivity contribution in [2.45, 2.75) is 59.2 Å². The van der Waals surface area contributed by atoms with Crippen LogP contribution in [-0.4, -0.2) is 41.4 Å². The van der Waals surface area contributed by atoms with Gasteiger partial charge in [-0.25, -0.2) is 0 Å². The van der Waals surface area contributed by atoms with E-state index in [0.717, 1.165) is 6.29 Å². The van der Waals surface area contributed by atoms with Crippen LogP contribution < -0.4 is 0 Å². The van der Waals surface area contributed by atoms with E-state index in [-0.39, 0.29) is 30.0 Å². The fourth-order valence-electron chi connectivity index (χ4n) is 2.19. The van der Waals surface area contributed by atoms with Gasteiger partial charge in [0.25, 0.3) is 0 Å². The zero-order valence-electron chi connectivity index (χ0n) is 11.6. The van der Waals surface area contributed by atoms with Gasteiger partial charge in [-0.2, -0.15) is 0 Å². The highest BCUT2D eigenvalue weighted by molar-refractivity contribution is 5.75. The zero-order chi connectivity index (χ0) is 13.4. The highest BCUT2D eigenvalue weighted by atomic mass is 16.6. The van der Waals surface area contributed by atoms with E-state index in [4.69, 9.17) is 4.74 Å². The molecule has 0 aliphatic carbocycles. The summed E-state index contributed by atoms with van der Waals surface area (Å²) >= 11 is 0. The standard InChI is InChI=1S/C13H23NO3/c1-12(2,3)11-9(8-15)14(11)7-10(16)17-13(4,5)6/h8-9,11H,7H2,1-6H3/t9-,11-,14?/m0/s1. The van der Waals surface area contributed by atoms with Crippen LogP contribution in [0.25, 0.3) is 0 Å². The largest absolute Gasteiger partial charge is 0.459 e. The molecule has 1 unspecified atom stereocenters. The molecule has 0 aromatic carbocycles. The number of hydrogen-bond acceptors (Lipinski definition) is 4. The molecule has 1 fully saturated rings. The predicted octanol–water partition coefficient (Wildman–Crippen LogP) is 1.63. The second kappa shape index (κ2) is 4.41. The van der Waals surface area contributed by atoms with E-state index in [1.807, 2.05) is 25.7 Å². The molecule has 0 aromatic rings. The molecule has 17 heavy (non-hydrogen) atoms. The quantitative estimate of drug-likeness (QED) is 0.428. The van der Waals surface area contributed by atoms with Gasteiger partial charge in [-0.1, -0.05) is 20.8 Å². The maximum Gasteiger partial charge on any atom is 0.320 e. The minimum Gasteiger partial charge on any atom is -0.459 e. The second-order valence-corrected chi connectivity index (χ2v) is 6.70. The summed E-state index contributed by atoms with van der Waals surface area (Å²) in [5, 5.41) is 0. The van der Waals surface area contributed by atoms with Gasteiger partial charge in [0, 0.05) is 6.04 Å². The van der Waals surface area contributed by atoms with Gasteiger partial charge >= 0.3 is 5.97 Å². The highest BCUT2D eigenvalue weighted by Crippen LogP contribution is 2.40. The summed E-state index contributed by atoms with van der Waals surface area (Å²) in [6.07, 6.45) is 0.917. The van der Waals surface area contributed by atoms with Crippen molar-refractivity contribution in [2.24, 2.45) is 5.41 Å². The molecule has 3 atom stereocenters. The van der Waals surface area contributed by atoms with Crippen molar-refractivity contribution in [1.29, 1.82) is 0 Å². The van der Waals surface area contributed by atoms with Gasteiger partial charge in [-0.3, -0.25) is 9.69 Å². The lowest BCUT2D eigenvalue weighted by Gasteiger charge is -2.21. The monoisotopic (exact) mass is 241 g/mol. The summed E-state index contributed by atoms with van der Waals surface area (Å²) in [5.41, 5.74) is -0.464. The number of ether oxygens (including phenoxy) is 1. The minimum absolute atomic E-state index is 0.00753. The minimum atomic E-state index is -0.471. The normalized spacial score (nSPS) is 28.7. The first-order chi connectivity index (χ1) is 7.56. The van der Waals surface area contributed by atoms with E-state index >= 15 is 0 Å². The lowest BCUT2D eigenvalue weighted by Crippen LogP contribution is -2.30. The van der Waals surface area contributed by atoms with Crippen molar-refractivity contribution in [3.05, 3.63) is 0 Å². The molecule has 0 bridgehead atoms. The van der Waals surface area contributed by atoms with E-state index in [2.05, 4.69) is 20.8 Å². The number of esters is 1. The average molecular weight is 241 g/mol. The number of rotatable bonds is 3. The van der Waals surface area contributed by atoms with E-state index in [1.54, 1.807) is 0 Å². The fraction of sp³-hybridized carbons (Fsp3) is 0.846. The van der Waals surface area contributed by atoms with Crippen molar-refractivity contribution in [2.75, 3.05) is 6.54 Å². The van der Waals surface area contributed by atoms with Crippen LogP contribution in [-0.2, 0) is 14.3 Å². The average Bonchev–Trinajstić information content (AvgIpc) is 2.73. The Bertz CT molecular complexity index is 312. The molecule has 0 radical (unpaired) electrons. The Labute approximate surface area is 103 Å². The van der Waals surface area contributed by atoms with Gasteiger partial charge in [0.15, 0.2) is 0 Å². The van der Waals surface area contributed by atoms with Gasteiger partial charge in [-0.05, 0) is 26.2 Å². The van der Waals surface area contributed by atoms with Crippen molar-refractivity contribution in [1.82, 2.24) is 4.90 Å². The van der Waals surface area contributed by atoms with Crippen LogP contribution in [0.5, 0.6) is 0 Å². The lowest BCUT2D eigenvalue weighted by atomic mass is 9.90. The maximum absolute atomic E-state index is 11.7. The topological polar surface area (TPSA) is 46.4 Å². The van der Waals surface area contributed by atoms with Crippen LogP contribution in [0.15, 0.2) is 0 Å². The Morgan fingerprint density at radius 3 is 2.06 bits per heavy atom. The molecule has 1 aliphatic rings. The van der Waals surface area contributed by atoms with Crippen molar-refractivity contribution in [3.63, 3.8) is 0 Å². The summed E-state index contributed by atoms with van der Waals surface area (Å²) in [5.74, 6) is -0.268. The summed E-state index contributed by atoms with van der Waals surface area (Å²) in [6, 6.07) is 0.00929. The van der Waals surface area contributed by atoms with Crippen LogP contribution in [0.3, 0.4) is 0 Å². The third-order valence-electron chi connectivity index (χ3n) is 2.73. The van der Waals surface area contributed by atoms with Crippen LogP contribution in [0, 0.1) is 5.41 Å². The molecular formula is C13H23NO3. The smallest absolute Gasteiger partial charge is 0.320 e. The van der Waals surface area contributed by atoms with Crippen LogP contribution in [0.1, 0.15) is 41.5 Å². The first-order valence-corrected chi connectivity index (χ1v) is 5.99. The molecular weight excluding hydrogens is 218 g/mol. The number of carbonyl (C=O) groups is 2. The van der Waals surface area contributed by atoms with E-state index in [1.165, 1.54) is 0 Å². The Morgan fingerprint density at radius 1 is 1.24 bits per heavy atom. The van der Waals surface area contributed by atoms with Crippen LogP contribution in [0.2, 0.25) is 0 Å². The van der Waals surface area contributed by atoms with Gasteiger partial charge in [-0.15, -0.1) is 0 Å². The number of hydrogen-bond donors (Lipinski definition) is 0. The second-order valence-electron chi connectivity index (χ2n) is 6.70. The third-order valence-corrected chi connectivity index (χ3v) is 2.73. The Kier molecular flexibility index (Phi) is 3.67. The molecule has 4 nitrogen and oxygen atoms in total. The summed E-state index contributed by atoms with van der Waals surface area (Å²) < 4.78 is 5.25. The molecule has 0 spiro atoms. The van der Waals surface area contributed by atoms with Gasteiger partial charge in [0.1, 0.15) is 11.9 Å². The van der Waals surface area contributed by atoms with Crippen LogP contribution in [0.4, 0.5) is 0 Å². The summed E-state index contributed by atoms with van der Waals surface area (Å²) in [7, 11) is 0. The summed E-state index contributed by atoms with van der Waals surface area (Å²) in [4.78, 5) is 24.5. The van der Waals surface area contributed by atoms with Crippen molar-refractivity contribution >= 4 is 12.3 Å². The van der Waals surface area contributed by atoms with Gasteiger partial charge in [0.2, 0.25) is 0 Å². The predicted molar refractivity (Wildman–Crippen MR) is 65.6 cm³/mol. The van der Waals surface area contributed by atoms with Gasteiger partial charge < -0.3 is 9.53 Å². The number of aldehydes is 1. The molecule has 1 heterocycles. The van der Waals surface area contributed by atoms with Crippen molar-refractivity contribution in [3.8, 4) is 0 Å². The lowest BCUT2D eigenvalue weighted by molar-refractivity contribution is -0.155. The van der Waals surface area contributed by atoms with E-state index in [0.29, 0.717) is 0 Å². The first-order valence-electron chi connectivity index (χ1n) is 5.99.